The molecule has 0 radical (unpaired) electrons. The van der Waals surface area contributed by atoms with E-state index in [9.17, 15) is 14.9 Å². The Balaban J connectivity index is 1.43. The lowest BCUT2D eigenvalue weighted by molar-refractivity contribution is -0.384. The van der Waals surface area contributed by atoms with Gasteiger partial charge in [-0.05, 0) is 30.3 Å². The number of hydrogen-bond donors (Lipinski definition) is 2. The van der Waals surface area contributed by atoms with Gasteiger partial charge in [0.1, 0.15) is 24.3 Å². The summed E-state index contributed by atoms with van der Waals surface area (Å²) in [5.41, 5.74) is 1.39. The quantitative estimate of drug-likeness (QED) is 0.373. The SMILES string of the molecule is O=C(Nc1ccc(Nc2cc(-n3ccnc3)ncn2)cc1)c1cccc([N+](=O)[O-])c1. The third-order valence-electron chi connectivity index (χ3n) is 4.16. The number of carbonyl (C=O) groups is 1. The Morgan fingerprint density at radius 1 is 1.03 bits per heavy atom. The number of nitro benzene ring substituents is 1. The van der Waals surface area contributed by atoms with Gasteiger partial charge in [-0.1, -0.05) is 6.07 Å². The Hall–Kier alpha value is -4.60. The maximum atomic E-state index is 12.3. The first kappa shape index (κ1) is 18.7. The van der Waals surface area contributed by atoms with Gasteiger partial charge < -0.3 is 10.6 Å². The number of non-ortho nitro benzene ring substituents is 1. The molecule has 0 saturated heterocycles. The summed E-state index contributed by atoms with van der Waals surface area (Å²) < 4.78 is 1.76. The fourth-order valence-electron chi connectivity index (χ4n) is 2.70. The highest BCUT2D eigenvalue weighted by Crippen LogP contribution is 2.20. The predicted molar refractivity (Wildman–Crippen MR) is 110 cm³/mol. The van der Waals surface area contributed by atoms with Crippen LogP contribution in [-0.2, 0) is 0 Å². The number of nitrogens with one attached hydrogen (secondary N) is 2. The first-order valence-corrected chi connectivity index (χ1v) is 8.82. The van der Waals surface area contributed by atoms with E-state index in [1.807, 2.05) is 0 Å². The number of amides is 1. The number of aromatic nitrogens is 4. The smallest absolute Gasteiger partial charge is 0.270 e. The minimum atomic E-state index is -0.539. The monoisotopic (exact) mass is 401 g/mol. The van der Waals surface area contributed by atoms with Crippen LogP contribution in [0.4, 0.5) is 22.9 Å². The summed E-state index contributed by atoms with van der Waals surface area (Å²) in [5.74, 6) is 0.841. The number of anilines is 3. The number of nitrogens with zero attached hydrogens (tertiary/aromatic N) is 5. The van der Waals surface area contributed by atoms with Crippen LogP contribution in [0.3, 0.4) is 0 Å². The van der Waals surface area contributed by atoms with Crippen molar-refractivity contribution in [3.8, 4) is 5.82 Å². The molecule has 10 heteroatoms. The van der Waals surface area contributed by atoms with Crippen molar-refractivity contribution in [1.29, 1.82) is 0 Å². The Bertz CT molecular complexity index is 1190. The zero-order chi connectivity index (χ0) is 20.9. The van der Waals surface area contributed by atoms with E-state index in [2.05, 4.69) is 25.6 Å². The Morgan fingerprint density at radius 2 is 1.83 bits per heavy atom. The molecule has 0 fully saturated rings. The molecule has 0 saturated carbocycles. The zero-order valence-electron chi connectivity index (χ0n) is 15.5. The van der Waals surface area contributed by atoms with Gasteiger partial charge in [-0.2, -0.15) is 0 Å². The van der Waals surface area contributed by atoms with Crippen molar-refractivity contribution < 1.29 is 9.72 Å². The van der Waals surface area contributed by atoms with Gasteiger partial charge in [0, 0.05) is 47.5 Å². The lowest BCUT2D eigenvalue weighted by atomic mass is 10.2. The number of imidazole rings is 1. The summed E-state index contributed by atoms with van der Waals surface area (Å²) in [4.78, 5) is 35.1. The van der Waals surface area contributed by atoms with Gasteiger partial charge in [-0.3, -0.25) is 19.5 Å². The van der Waals surface area contributed by atoms with E-state index in [4.69, 9.17) is 0 Å². The summed E-state index contributed by atoms with van der Waals surface area (Å²) >= 11 is 0. The van der Waals surface area contributed by atoms with Crippen LogP contribution in [0.2, 0.25) is 0 Å². The van der Waals surface area contributed by atoms with Crippen molar-refractivity contribution in [1.82, 2.24) is 19.5 Å². The highest BCUT2D eigenvalue weighted by Gasteiger charge is 2.11. The van der Waals surface area contributed by atoms with E-state index in [0.717, 1.165) is 5.69 Å². The molecule has 0 aliphatic carbocycles. The average molecular weight is 401 g/mol. The van der Waals surface area contributed by atoms with Crippen LogP contribution in [0.25, 0.3) is 5.82 Å². The first-order chi connectivity index (χ1) is 14.6. The molecule has 0 atom stereocenters. The van der Waals surface area contributed by atoms with Crippen LogP contribution in [0.15, 0.2) is 79.6 Å². The van der Waals surface area contributed by atoms with Crippen molar-refractivity contribution in [2.24, 2.45) is 0 Å². The lowest BCUT2D eigenvalue weighted by Crippen LogP contribution is -2.12. The second kappa shape index (κ2) is 8.19. The first-order valence-electron chi connectivity index (χ1n) is 8.82. The van der Waals surface area contributed by atoms with E-state index in [-0.39, 0.29) is 11.3 Å². The molecule has 30 heavy (non-hydrogen) atoms. The van der Waals surface area contributed by atoms with E-state index >= 15 is 0 Å². The number of rotatable bonds is 6. The molecule has 0 spiro atoms. The van der Waals surface area contributed by atoms with Crippen molar-refractivity contribution >= 4 is 28.8 Å². The van der Waals surface area contributed by atoms with Crippen LogP contribution < -0.4 is 10.6 Å². The van der Waals surface area contributed by atoms with Crippen LogP contribution in [-0.4, -0.2) is 30.3 Å². The molecule has 0 unspecified atom stereocenters. The van der Waals surface area contributed by atoms with Gasteiger partial charge >= 0.3 is 0 Å². The van der Waals surface area contributed by atoms with Crippen LogP contribution in [0.1, 0.15) is 10.4 Å². The minimum Gasteiger partial charge on any atom is -0.340 e. The molecule has 4 aromatic rings. The van der Waals surface area contributed by atoms with Gasteiger partial charge in [0.05, 0.1) is 4.92 Å². The maximum Gasteiger partial charge on any atom is 0.270 e. The van der Waals surface area contributed by atoms with E-state index in [1.165, 1.54) is 30.6 Å². The standard InChI is InChI=1S/C20H15N7O3/c28-20(14-2-1-3-17(10-14)27(29)30)25-16-6-4-15(5-7-16)24-18-11-19(23-12-22-18)26-9-8-21-13-26/h1-13H,(H,25,28)(H,22,23,24). The molecule has 1 amide bonds. The molecule has 4 rings (SSSR count). The van der Waals surface area contributed by atoms with Crippen molar-refractivity contribution in [3.05, 3.63) is 95.3 Å². The second-order valence-electron chi connectivity index (χ2n) is 6.20. The molecule has 148 valence electrons. The number of hydrogen-bond acceptors (Lipinski definition) is 7. The summed E-state index contributed by atoms with van der Waals surface area (Å²) in [5, 5.41) is 16.7. The number of nitro groups is 1. The van der Waals surface area contributed by atoms with Gasteiger partial charge in [0.2, 0.25) is 0 Å². The molecule has 0 aliphatic heterocycles. The highest BCUT2D eigenvalue weighted by molar-refractivity contribution is 6.04. The summed E-state index contributed by atoms with van der Waals surface area (Å²) in [6.45, 7) is 0. The zero-order valence-corrected chi connectivity index (χ0v) is 15.5. The van der Waals surface area contributed by atoms with Crippen molar-refractivity contribution in [2.75, 3.05) is 10.6 Å². The molecule has 10 nitrogen and oxygen atoms in total. The topological polar surface area (TPSA) is 128 Å². The average Bonchev–Trinajstić information content (AvgIpc) is 3.30. The van der Waals surface area contributed by atoms with E-state index in [0.29, 0.717) is 17.3 Å². The molecule has 2 N–H and O–H groups in total. The van der Waals surface area contributed by atoms with Crippen molar-refractivity contribution in [2.45, 2.75) is 0 Å². The third kappa shape index (κ3) is 4.28. The van der Waals surface area contributed by atoms with Crippen LogP contribution >= 0.6 is 0 Å². The van der Waals surface area contributed by atoms with E-state index < -0.39 is 10.8 Å². The van der Waals surface area contributed by atoms with Gasteiger partial charge in [-0.15, -0.1) is 0 Å². The van der Waals surface area contributed by atoms with Crippen LogP contribution in [0, 0.1) is 10.1 Å². The number of carbonyl (C=O) groups excluding carboxylic acids is 1. The third-order valence-corrected chi connectivity index (χ3v) is 4.16. The Labute approximate surface area is 170 Å². The minimum absolute atomic E-state index is 0.137. The Kier molecular flexibility index (Phi) is 5.12. The second-order valence-corrected chi connectivity index (χ2v) is 6.20. The molecular formula is C20H15N7O3. The fourth-order valence-corrected chi connectivity index (χ4v) is 2.70. The van der Waals surface area contributed by atoms with Crippen LogP contribution in [0.5, 0.6) is 0 Å². The normalized spacial score (nSPS) is 10.4. The molecule has 0 aliphatic rings. The van der Waals surface area contributed by atoms with Gasteiger partial charge in [-0.25, -0.2) is 15.0 Å². The van der Waals surface area contributed by atoms with Gasteiger partial charge in [0.25, 0.3) is 11.6 Å². The molecule has 2 aromatic carbocycles. The summed E-state index contributed by atoms with van der Waals surface area (Å²) in [7, 11) is 0. The lowest BCUT2D eigenvalue weighted by Gasteiger charge is -2.09. The summed E-state index contributed by atoms with van der Waals surface area (Å²) in [6.07, 6.45) is 6.54. The Morgan fingerprint density at radius 3 is 2.57 bits per heavy atom. The molecule has 2 heterocycles. The number of benzene rings is 2. The fraction of sp³-hybridized carbons (Fsp3) is 0. The molecule has 0 bridgehead atoms. The predicted octanol–water partition coefficient (Wildman–Crippen LogP) is 3.57. The van der Waals surface area contributed by atoms with Gasteiger partial charge in [0.15, 0.2) is 0 Å². The highest BCUT2D eigenvalue weighted by atomic mass is 16.6. The largest absolute Gasteiger partial charge is 0.340 e. The summed E-state index contributed by atoms with van der Waals surface area (Å²) in [6, 6.07) is 14.3. The molecule has 2 aromatic heterocycles. The maximum absolute atomic E-state index is 12.3. The molecular weight excluding hydrogens is 386 g/mol. The van der Waals surface area contributed by atoms with E-state index in [1.54, 1.807) is 53.6 Å². The van der Waals surface area contributed by atoms with Crippen molar-refractivity contribution in [3.63, 3.8) is 0 Å².